The number of hydrogen-bond donors (Lipinski definition) is 0. The monoisotopic (exact) mass is 388 g/mol. The molecule has 6 nitrogen and oxygen atoms in total. The van der Waals surface area contributed by atoms with Crippen LogP contribution in [0, 0.1) is 0 Å². The standard InChI is InChI=1S/C20H24N2O4S/c1-5-14-6-8-15(9-7-14)18-13-17(21-22(18)27(4,23)24)16-10-11-19(25-2)20(12-16)26-3/h6-12,18H,5,13H2,1-4H3/t18-/m1/s1. The van der Waals surface area contributed by atoms with Crippen LogP contribution in [0.1, 0.15) is 36.1 Å². The minimum Gasteiger partial charge on any atom is -0.493 e. The van der Waals surface area contributed by atoms with Crippen LogP contribution < -0.4 is 9.47 Å². The second kappa shape index (κ2) is 7.60. The van der Waals surface area contributed by atoms with Gasteiger partial charge in [0, 0.05) is 12.0 Å². The van der Waals surface area contributed by atoms with Gasteiger partial charge in [-0.2, -0.15) is 9.52 Å². The van der Waals surface area contributed by atoms with E-state index in [1.165, 1.54) is 16.2 Å². The lowest BCUT2D eigenvalue weighted by atomic mass is 9.98. The Hall–Kier alpha value is -2.54. The van der Waals surface area contributed by atoms with E-state index in [9.17, 15) is 8.42 Å². The third-order valence-corrected chi connectivity index (χ3v) is 5.72. The van der Waals surface area contributed by atoms with Crippen LogP contribution in [0.3, 0.4) is 0 Å². The molecule has 0 N–H and O–H groups in total. The van der Waals surface area contributed by atoms with Crippen molar-refractivity contribution in [2.24, 2.45) is 5.10 Å². The number of benzene rings is 2. The van der Waals surface area contributed by atoms with E-state index in [1.807, 2.05) is 36.4 Å². The predicted octanol–water partition coefficient (Wildman–Crippen LogP) is 3.38. The summed E-state index contributed by atoms with van der Waals surface area (Å²) in [4.78, 5) is 0. The molecule has 27 heavy (non-hydrogen) atoms. The first kappa shape index (κ1) is 19.2. The lowest BCUT2D eigenvalue weighted by molar-refractivity contribution is 0.355. The summed E-state index contributed by atoms with van der Waals surface area (Å²) in [6.45, 7) is 2.09. The van der Waals surface area contributed by atoms with E-state index in [4.69, 9.17) is 9.47 Å². The Bertz CT molecular complexity index is 952. The van der Waals surface area contributed by atoms with Crippen molar-refractivity contribution in [2.75, 3.05) is 20.5 Å². The molecule has 0 aliphatic carbocycles. The van der Waals surface area contributed by atoms with Crippen molar-refractivity contribution >= 4 is 15.7 Å². The average Bonchev–Trinajstić information content (AvgIpc) is 3.13. The van der Waals surface area contributed by atoms with E-state index in [1.54, 1.807) is 20.3 Å². The quantitative estimate of drug-likeness (QED) is 0.761. The first-order valence-corrected chi connectivity index (χ1v) is 10.6. The molecular formula is C20H24N2O4S. The van der Waals surface area contributed by atoms with Gasteiger partial charge in [0.25, 0.3) is 0 Å². The van der Waals surface area contributed by atoms with Crippen LogP contribution in [0.25, 0.3) is 0 Å². The lowest BCUT2D eigenvalue weighted by Gasteiger charge is -2.21. The first-order valence-electron chi connectivity index (χ1n) is 8.75. The molecule has 7 heteroatoms. The summed E-state index contributed by atoms with van der Waals surface area (Å²) in [7, 11) is -0.351. The molecule has 0 bridgehead atoms. The second-order valence-electron chi connectivity index (χ2n) is 6.47. The fourth-order valence-corrected chi connectivity index (χ4v) is 4.11. The van der Waals surface area contributed by atoms with Crippen molar-refractivity contribution in [1.29, 1.82) is 0 Å². The van der Waals surface area contributed by atoms with Crippen molar-refractivity contribution in [3.05, 3.63) is 59.2 Å². The Morgan fingerprint density at radius 2 is 1.74 bits per heavy atom. The van der Waals surface area contributed by atoms with Gasteiger partial charge in [0.2, 0.25) is 10.0 Å². The van der Waals surface area contributed by atoms with Crippen molar-refractivity contribution < 1.29 is 17.9 Å². The number of nitrogens with zero attached hydrogens (tertiary/aromatic N) is 2. The summed E-state index contributed by atoms with van der Waals surface area (Å²) in [5.74, 6) is 1.20. The van der Waals surface area contributed by atoms with Gasteiger partial charge >= 0.3 is 0 Å². The minimum atomic E-state index is -3.50. The average molecular weight is 388 g/mol. The minimum absolute atomic E-state index is 0.353. The molecule has 3 rings (SSSR count). The third kappa shape index (κ3) is 3.93. The van der Waals surface area contributed by atoms with Gasteiger partial charge in [-0.25, -0.2) is 8.42 Å². The highest BCUT2D eigenvalue weighted by Crippen LogP contribution is 2.36. The number of ether oxygens (including phenoxy) is 2. The molecule has 0 fully saturated rings. The Balaban J connectivity index is 1.98. The number of aryl methyl sites for hydroxylation is 1. The fraction of sp³-hybridized carbons (Fsp3) is 0.350. The number of methoxy groups -OCH3 is 2. The number of hydrazone groups is 1. The summed E-state index contributed by atoms with van der Waals surface area (Å²) >= 11 is 0. The van der Waals surface area contributed by atoms with E-state index in [-0.39, 0.29) is 6.04 Å². The Kier molecular flexibility index (Phi) is 5.41. The van der Waals surface area contributed by atoms with Crippen LogP contribution in [0.15, 0.2) is 47.6 Å². The topological polar surface area (TPSA) is 68.2 Å². The largest absolute Gasteiger partial charge is 0.493 e. The Morgan fingerprint density at radius 3 is 2.30 bits per heavy atom. The molecule has 1 heterocycles. The summed E-state index contributed by atoms with van der Waals surface area (Å²) in [6.07, 6.45) is 2.61. The van der Waals surface area contributed by atoms with Gasteiger partial charge in [-0.05, 0) is 35.7 Å². The molecule has 0 saturated heterocycles. The van der Waals surface area contributed by atoms with E-state index < -0.39 is 10.0 Å². The summed E-state index contributed by atoms with van der Waals surface area (Å²) < 4.78 is 36.5. The molecule has 2 aromatic carbocycles. The maximum Gasteiger partial charge on any atom is 0.247 e. The highest BCUT2D eigenvalue weighted by atomic mass is 32.2. The van der Waals surface area contributed by atoms with E-state index in [2.05, 4.69) is 12.0 Å². The van der Waals surface area contributed by atoms with E-state index in [0.29, 0.717) is 23.6 Å². The van der Waals surface area contributed by atoms with Gasteiger partial charge in [0.15, 0.2) is 11.5 Å². The van der Waals surface area contributed by atoms with Crippen LogP contribution in [0.2, 0.25) is 0 Å². The number of rotatable bonds is 6. The molecule has 1 atom stereocenters. The molecule has 0 aromatic heterocycles. The van der Waals surface area contributed by atoms with Crippen LogP contribution in [-0.4, -0.2) is 39.0 Å². The van der Waals surface area contributed by atoms with Crippen molar-refractivity contribution in [3.8, 4) is 11.5 Å². The van der Waals surface area contributed by atoms with E-state index >= 15 is 0 Å². The molecule has 1 aliphatic rings. The van der Waals surface area contributed by atoms with Gasteiger partial charge in [-0.3, -0.25) is 0 Å². The van der Waals surface area contributed by atoms with Gasteiger partial charge in [0.1, 0.15) is 0 Å². The van der Waals surface area contributed by atoms with Crippen molar-refractivity contribution in [2.45, 2.75) is 25.8 Å². The second-order valence-corrected chi connectivity index (χ2v) is 8.31. The fourth-order valence-electron chi connectivity index (χ4n) is 3.21. The molecule has 0 spiro atoms. The molecular weight excluding hydrogens is 364 g/mol. The molecule has 2 aromatic rings. The Labute approximate surface area is 160 Å². The number of hydrogen-bond acceptors (Lipinski definition) is 5. The van der Waals surface area contributed by atoms with Crippen LogP contribution in [-0.2, 0) is 16.4 Å². The lowest BCUT2D eigenvalue weighted by Crippen LogP contribution is -2.25. The van der Waals surface area contributed by atoms with Crippen LogP contribution in [0.5, 0.6) is 11.5 Å². The zero-order chi connectivity index (χ0) is 19.6. The summed E-state index contributed by atoms with van der Waals surface area (Å²) in [6, 6.07) is 13.2. The Morgan fingerprint density at radius 1 is 1.07 bits per heavy atom. The predicted molar refractivity (Wildman–Crippen MR) is 106 cm³/mol. The molecule has 0 unspecified atom stereocenters. The number of sulfonamides is 1. The normalized spacial score (nSPS) is 17.0. The zero-order valence-electron chi connectivity index (χ0n) is 16.0. The van der Waals surface area contributed by atoms with Gasteiger partial charge in [-0.1, -0.05) is 31.2 Å². The highest BCUT2D eigenvalue weighted by Gasteiger charge is 2.34. The third-order valence-electron chi connectivity index (χ3n) is 4.70. The molecule has 144 valence electrons. The van der Waals surface area contributed by atoms with Gasteiger partial charge < -0.3 is 9.47 Å². The van der Waals surface area contributed by atoms with Crippen molar-refractivity contribution in [1.82, 2.24) is 4.41 Å². The molecule has 0 amide bonds. The smallest absolute Gasteiger partial charge is 0.247 e. The van der Waals surface area contributed by atoms with Gasteiger partial charge in [-0.15, -0.1) is 0 Å². The van der Waals surface area contributed by atoms with Gasteiger partial charge in [0.05, 0.1) is 32.2 Å². The maximum absolute atomic E-state index is 12.3. The molecule has 0 saturated carbocycles. The highest BCUT2D eigenvalue weighted by molar-refractivity contribution is 7.88. The summed E-state index contributed by atoms with van der Waals surface area (Å²) in [5.41, 5.74) is 3.65. The van der Waals surface area contributed by atoms with E-state index in [0.717, 1.165) is 17.5 Å². The molecule has 0 radical (unpaired) electrons. The summed E-state index contributed by atoms with van der Waals surface area (Å²) in [5, 5.41) is 4.43. The molecule has 1 aliphatic heterocycles. The van der Waals surface area contributed by atoms with Crippen molar-refractivity contribution in [3.63, 3.8) is 0 Å². The maximum atomic E-state index is 12.3. The van der Waals surface area contributed by atoms with Crippen LogP contribution in [0.4, 0.5) is 0 Å². The zero-order valence-corrected chi connectivity index (χ0v) is 16.8. The SMILES string of the molecule is CCc1ccc([C@H]2CC(c3ccc(OC)c(OC)c3)=NN2S(C)(=O)=O)cc1. The first-order chi connectivity index (χ1) is 12.9. The van der Waals surface area contributed by atoms with Crippen LogP contribution >= 0.6 is 0 Å².